The van der Waals surface area contributed by atoms with E-state index in [1.165, 1.54) is 0 Å². The maximum atomic E-state index is 12.2. The van der Waals surface area contributed by atoms with Crippen molar-refractivity contribution >= 4 is 45.6 Å². The molecule has 1 N–H and O–H groups in total. The van der Waals surface area contributed by atoms with Crippen LogP contribution in [0.25, 0.3) is 10.8 Å². The first-order chi connectivity index (χ1) is 10.6. The summed E-state index contributed by atoms with van der Waals surface area (Å²) in [6.45, 7) is 0. The minimum absolute atomic E-state index is 0.112. The minimum atomic E-state index is -0.112. The number of fused-ring (bicyclic) bond motifs is 1. The highest BCUT2D eigenvalue weighted by Crippen LogP contribution is 2.22. The fourth-order valence-electron chi connectivity index (χ4n) is 2.31. The second-order valence-corrected chi connectivity index (χ2v) is 5.87. The molecule has 3 aromatic carbocycles. The van der Waals surface area contributed by atoms with Crippen molar-refractivity contribution in [3.05, 3.63) is 76.3 Å². The molecule has 0 heterocycles. The Hall–Kier alpha value is -2.03. The van der Waals surface area contributed by atoms with Gasteiger partial charge in [0.1, 0.15) is 0 Å². The lowest BCUT2D eigenvalue weighted by Crippen LogP contribution is -2.14. The topological polar surface area (TPSA) is 29.1 Å². The molecule has 3 rings (SSSR count). The third-order valence-electron chi connectivity index (χ3n) is 3.40. The van der Waals surface area contributed by atoms with Crippen LogP contribution in [-0.4, -0.2) is 5.91 Å². The highest BCUT2D eigenvalue weighted by atomic mass is 35.5. The molecule has 0 aliphatic carbocycles. The Kier molecular flexibility index (Phi) is 4.32. The third-order valence-corrected chi connectivity index (χ3v) is 3.99. The summed E-state index contributed by atoms with van der Waals surface area (Å²) in [4.78, 5) is 12.2. The van der Waals surface area contributed by atoms with Crippen molar-refractivity contribution in [3.8, 4) is 0 Å². The number of rotatable bonds is 3. The van der Waals surface area contributed by atoms with Crippen molar-refractivity contribution in [2.24, 2.45) is 0 Å². The molecule has 110 valence electrons. The van der Waals surface area contributed by atoms with E-state index >= 15 is 0 Å². The number of hydrogen-bond donors (Lipinski definition) is 1. The second-order valence-electron chi connectivity index (χ2n) is 5.02. The molecule has 1 amide bonds. The number of benzene rings is 3. The minimum Gasteiger partial charge on any atom is -0.326 e. The predicted molar refractivity (Wildman–Crippen MR) is 92.7 cm³/mol. The number of carbonyl (C=O) groups is 1. The summed E-state index contributed by atoms with van der Waals surface area (Å²) in [7, 11) is 0. The molecular formula is C18H13Cl2NO. The Bertz CT molecular complexity index is 845. The number of nitrogens with one attached hydrogen (secondary N) is 1. The average molecular weight is 330 g/mol. The summed E-state index contributed by atoms with van der Waals surface area (Å²) in [6, 6.07) is 19.0. The maximum absolute atomic E-state index is 12.2. The molecule has 0 spiro atoms. The van der Waals surface area contributed by atoms with Crippen LogP contribution < -0.4 is 5.32 Å². The first kappa shape index (κ1) is 14.9. The van der Waals surface area contributed by atoms with Gasteiger partial charge in [-0.25, -0.2) is 0 Å². The van der Waals surface area contributed by atoms with Crippen molar-refractivity contribution in [1.29, 1.82) is 0 Å². The van der Waals surface area contributed by atoms with Crippen LogP contribution >= 0.6 is 23.2 Å². The van der Waals surface area contributed by atoms with Crippen LogP contribution in [-0.2, 0) is 11.2 Å². The Morgan fingerprint density at radius 3 is 2.45 bits per heavy atom. The van der Waals surface area contributed by atoms with E-state index in [2.05, 4.69) is 5.32 Å². The van der Waals surface area contributed by atoms with E-state index < -0.39 is 0 Å². The molecule has 0 saturated heterocycles. The highest BCUT2D eigenvalue weighted by Gasteiger charge is 2.08. The van der Waals surface area contributed by atoms with Crippen molar-refractivity contribution in [1.82, 2.24) is 0 Å². The summed E-state index contributed by atoms with van der Waals surface area (Å²) in [5, 5.41) is 6.18. The van der Waals surface area contributed by atoms with E-state index in [9.17, 15) is 4.79 Å². The van der Waals surface area contributed by atoms with Gasteiger partial charge in [-0.1, -0.05) is 59.6 Å². The Balaban J connectivity index is 1.75. The second kappa shape index (κ2) is 6.39. The van der Waals surface area contributed by atoms with Crippen LogP contribution in [0.15, 0.2) is 60.7 Å². The number of halogens is 2. The van der Waals surface area contributed by atoms with Crippen LogP contribution in [0, 0.1) is 0 Å². The first-order valence-electron chi connectivity index (χ1n) is 6.84. The number of carbonyl (C=O) groups excluding carboxylic acids is 1. The van der Waals surface area contributed by atoms with Crippen molar-refractivity contribution in [2.75, 3.05) is 5.32 Å². The van der Waals surface area contributed by atoms with E-state index in [-0.39, 0.29) is 12.3 Å². The monoisotopic (exact) mass is 329 g/mol. The summed E-state index contributed by atoms with van der Waals surface area (Å²) < 4.78 is 0. The molecule has 2 nitrogen and oxygen atoms in total. The number of amides is 1. The van der Waals surface area contributed by atoms with Gasteiger partial charge in [0.2, 0.25) is 5.91 Å². The summed E-state index contributed by atoms with van der Waals surface area (Å²) in [6.07, 6.45) is 0.211. The molecule has 0 fully saturated rings. The number of anilines is 1. The standard InChI is InChI=1S/C18H13Cl2NO/c19-15-7-5-14(17(20)11-15)10-18(22)21-16-8-6-12-3-1-2-4-13(12)9-16/h1-9,11H,10H2,(H,21,22). The maximum Gasteiger partial charge on any atom is 0.228 e. The third kappa shape index (κ3) is 3.41. The molecule has 0 saturated carbocycles. The van der Waals surface area contributed by atoms with Gasteiger partial charge in [-0.3, -0.25) is 4.79 Å². The summed E-state index contributed by atoms with van der Waals surface area (Å²) >= 11 is 11.9. The van der Waals surface area contributed by atoms with Crippen molar-refractivity contribution in [3.63, 3.8) is 0 Å². The Morgan fingerprint density at radius 2 is 1.68 bits per heavy atom. The van der Waals surface area contributed by atoms with Crippen molar-refractivity contribution in [2.45, 2.75) is 6.42 Å². The van der Waals surface area contributed by atoms with Crippen LogP contribution in [0.2, 0.25) is 10.0 Å². The van der Waals surface area contributed by atoms with Gasteiger partial charge in [0.15, 0.2) is 0 Å². The van der Waals surface area contributed by atoms with Gasteiger partial charge in [0.25, 0.3) is 0 Å². The van der Waals surface area contributed by atoms with E-state index in [0.717, 1.165) is 22.0 Å². The quantitative estimate of drug-likeness (QED) is 0.691. The lowest BCUT2D eigenvalue weighted by molar-refractivity contribution is -0.115. The zero-order valence-electron chi connectivity index (χ0n) is 11.6. The van der Waals surface area contributed by atoms with Gasteiger partial charge >= 0.3 is 0 Å². The normalized spacial score (nSPS) is 10.6. The van der Waals surface area contributed by atoms with Gasteiger partial charge in [-0.05, 0) is 40.6 Å². The van der Waals surface area contributed by atoms with Gasteiger partial charge in [0.05, 0.1) is 6.42 Å². The van der Waals surface area contributed by atoms with Crippen molar-refractivity contribution < 1.29 is 4.79 Å². The van der Waals surface area contributed by atoms with Gasteiger partial charge in [-0.2, -0.15) is 0 Å². The highest BCUT2D eigenvalue weighted by molar-refractivity contribution is 6.35. The average Bonchev–Trinajstić information content (AvgIpc) is 2.50. The molecule has 0 unspecified atom stereocenters. The molecule has 0 aromatic heterocycles. The predicted octanol–water partition coefficient (Wildman–Crippen LogP) is 5.33. The van der Waals surface area contributed by atoms with Crippen LogP contribution in [0.4, 0.5) is 5.69 Å². The molecular weight excluding hydrogens is 317 g/mol. The lowest BCUT2D eigenvalue weighted by Gasteiger charge is -2.08. The van der Waals surface area contributed by atoms with E-state index in [1.807, 2.05) is 42.5 Å². The summed E-state index contributed by atoms with van der Waals surface area (Å²) in [5.74, 6) is -0.112. The molecule has 0 aliphatic rings. The molecule has 0 radical (unpaired) electrons. The van der Waals surface area contributed by atoms with E-state index in [4.69, 9.17) is 23.2 Å². The van der Waals surface area contributed by atoms with Gasteiger partial charge in [-0.15, -0.1) is 0 Å². The fourth-order valence-corrected chi connectivity index (χ4v) is 2.79. The zero-order valence-corrected chi connectivity index (χ0v) is 13.2. The molecule has 22 heavy (non-hydrogen) atoms. The number of hydrogen-bond acceptors (Lipinski definition) is 1. The van der Waals surface area contributed by atoms with Gasteiger partial charge in [0, 0.05) is 15.7 Å². The van der Waals surface area contributed by atoms with E-state index in [1.54, 1.807) is 18.2 Å². The molecule has 4 heteroatoms. The molecule has 0 atom stereocenters. The SMILES string of the molecule is O=C(Cc1ccc(Cl)cc1Cl)Nc1ccc2ccccc2c1. The Morgan fingerprint density at radius 1 is 0.909 bits per heavy atom. The molecule has 0 bridgehead atoms. The van der Waals surface area contributed by atoms with E-state index in [0.29, 0.717) is 10.0 Å². The smallest absolute Gasteiger partial charge is 0.228 e. The van der Waals surface area contributed by atoms with Crippen LogP contribution in [0.5, 0.6) is 0 Å². The summed E-state index contributed by atoms with van der Waals surface area (Å²) in [5.41, 5.74) is 1.53. The molecule has 3 aromatic rings. The van der Waals surface area contributed by atoms with Gasteiger partial charge < -0.3 is 5.32 Å². The Labute approximate surface area is 138 Å². The first-order valence-corrected chi connectivity index (χ1v) is 7.60. The van der Waals surface area contributed by atoms with Crippen LogP contribution in [0.1, 0.15) is 5.56 Å². The fraction of sp³-hybridized carbons (Fsp3) is 0.0556. The molecule has 0 aliphatic heterocycles. The zero-order chi connectivity index (χ0) is 15.5. The van der Waals surface area contributed by atoms with Crippen LogP contribution in [0.3, 0.4) is 0 Å². The lowest BCUT2D eigenvalue weighted by atomic mass is 10.1. The largest absolute Gasteiger partial charge is 0.326 e.